The normalized spacial score (nSPS) is 11.0. The first-order valence-corrected chi connectivity index (χ1v) is 8.87. The Morgan fingerprint density at radius 2 is 2.04 bits per heavy atom. The summed E-state index contributed by atoms with van der Waals surface area (Å²) in [5.74, 6) is 0.860. The van der Waals surface area contributed by atoms with E-state index in [2.05, 4.69) is 44.7 Å². The van der Waals surface area contributed by atoms with Crippen molar-refractivity contribution in [3.05, 3.63) is 60.1 Å². The van der Waals surface area contributed by atoms with Gasteiger partial charge in [0, 0.05) is 23.8 Å². The minimum absolute atomic E-state index is 0.121. The molecule has 0 aliphatic rings. The number of H-pyrrole nitrogens is 1. The zero-order valence-electron chi connectivity index (χ0n) is 14.9. The lowest BCUT2D eigenvalue weighted by molar-refractivity contribution is -0.116. The molecule has 0 atom stereocenters. The second-order valence-electron chi connectivity index (χ2n) is 6.25. The third kappa shape index (κ3) is 3.72. The van der Waals surface area contributed by atoms with E-state index in [9.17, 15) is 4.79 Å². The monoisotopic (exact) mass is 361 g/mol. The first-order chi connectivity index (χ1) is 13.2. The molecule has 0 unspecified atom stereocenters. The van der Waals surface area contributed by atoms with Crippen LogP contribution in [0.2, 0.25) is 0 Å². The molecule has 0 aliphatic heterocycles. The Balaban J connectivity index is 1.38. The number of nitrogens with zero attached hydrogens (tertiary/aromatic N) is 3. The largest absolute Gasteiger partial charge is 0.339 e. The minimum Gasteiger partial charge on any atom is -0.339 e. The number of aryl methyl sites for hydroxylation is 2. The smallest absolute Gasteiger partial charge is 0.227 e. The number of anilines is 1. The summed E-state index contributed by atoms with van der Waals surface area (Å²) in [5.41, 5.74) is 3.67. The van der Waals surface area contributed by atoms with Crippen LogP contribution in [0, 0.1) is 0 Å². The standard InChI is InChI=1S/C20H19N5O2/c1-2-13-6-8-14(9-7-13)20-23-18(27-25-20)11-10-17(26)22-16-5-3-4-15-12-21-24-19(15)16/h3-9,12H,2,10-11H2,1H3,(H,21,24)(H,22,26). The molecule has 0 fully saturated rings. The third-order valence-electron chi connectivity index (χ3n) is 4.41. The van der Waals surface area contributed by atoms with Crippen LogP contribution in [0.4, 0.5) is 5.69 Å². The lowest BCUT2D eigenvalue weighted by atomic mass is 10.1. The lowest BCUT2D eigenvalue weighted by Crippen LogP contribution is -2.12. The maximum absolute atomic E-state index is 12.3. The summed E-state index contributed by atoms with van der Waals surface area (Å²) < 4.78 is 5.28. The van der Waals surface area contributed by atoms with Gasteiger partial charge in [0.1, 0.15) is 0 Å². The Morgan fingerprint density at radius 1 is 1.19 bits per heavy atom. The Bertz CT molecular complexity index is 1070. The predicted octanol–water partition coefficient (Wildman–Crippen LogP) is 3.75. The van der Waals surface area contributed by atoms with E-state index in [4.69, 9.17) is 4.52 Å². The first-order valence-electron chi connectivity index (χ1n) is 8.87. The summed E-state index contributed by atoms with van der Waals surface area (Å²) in [6.07, 6.45) is 3.34. The number of carbonyl (C=O) groups excluding carboxylic acids is 1. The molecule has 0 aliphatic carbocycles. The van der Waals surface area contributed by atoms with Crippen LogP contribution in [0.25, 0.3) is 22.3 Å². The fourth-order valence-corrected chi connectivity index (χ4v) is 2.87. The Morgan fingerprint density at radius 3 is 2.85 bits per heavy atom. The van der Waals surface area contributed by atoms with E-state index in [1.807, 2.05) is 30.3 Å². The number of benzene rings is 2. The molecular formula is C20H19N5O2. The fourth-order valence-electron chi connectivity index (χ4n) is 2.87. The fraction of sp³-hybridized carbons (Fsp3) is 0.200. The van der Waals surface area contributed by atoms with Gasteiger partial charge in [-0.3, -0.25) is 9.89 Å². The van der Waals surface area contributed by atoms with Gasteiger partial charge in [-0.2, -0.15) is 10.1 Å². The van der Waals surface area contributed by atoms with Crippen molar-refractivity contribution in [2.24, 2.45) is 0 Å². The van der Waals surface area contributed by atoms with E-state index in [0.29, 0.717) is 23.8 Å². The number of para-hydroxylation sites is 1. The average Bonchev–Trinajstić information content (AvgIpc) is 3.36. The summed E-state index contributed by atoms with van der Waals surface area (Å²) in [6, 6.07) is 13.7. The number of hydrogen-bond acceptors (Lipinski definition) is 5. The van der Waals surface area contributed by atoms with E-state index in [1.165, 1.54) is 5.56 Å². The molecule has 4 rings (SSSR count). The van der Waals surface area contributed by atoms with E-state index in [-0.39, 0.29) is 12.3 Å². The molecule has 0 radical (unpaired) electrons. The summed E-state index contributed by atoms with van der Waals surface area (Å²) in [7, 11) is 0. The van der Waals surface area contributed by atoms with Crippen molar-refractivity contribution in [2.75, 3.05) is 5.32 Å². The van der Waals surface area contributed by atoms with Gasteiger partial charge in [0.15, 0.2) is 0 Å². The second-order valence-corrected chi connectivity index (χ2v) is 6.25. The van der Waals surface area contributed by atoms with Crippen LogP contribution in [-0.4, -0.2) is 26.2 Å². The molecule has 7 heteroatoms. The molecule has 7 nitrogen and oxygen atoms in total. The zero-order valence-corrected chi connectivity index (χ0v) is 14.9. The molecule has 1 amide bonds. The number of nitrogens with one attached hydrogen (secondary N) is 2. The Kier molecular flexibility index (Phi) is 4.65. The van der Waals surface area contributed by atoms with Crippen molar-refractivity contribution in [3.8, 4) is 11.4 Å². The van der Waals surface area contributed by atoms with Crippen LogP contribution in [0.1, 0.15) is 24.8 Å². The SMILES string of the molecule is CCc1ccc(-c2noc(CCC(=O)Nc3cccc4cn[nH]c34)n2)cc1. The van der Waals surface area contributed by atoms with Crippen LogP contribution in [0.15, 0.2) is 53.2 Å². The van der Waals surface area contributed by atoms with Gasteiger partial charge in [-0.05, 0) is 18.1 Å². The van der Waals surface area contributed by atoms with Gasteiger partial charge in [-0.15, -0.1) is 0 Å². The third-order valence-corrected chi connectivity index (χ3v) is 4.41. The van der Waals surface area contributed by atoms with Gasteiger partial charge in [0.05, 0.1) is 17.4 Å². The molecule has 2 N–H and O–H groups in total. The van der Waals surface area contributed by atoms with Gasteiger partial charge in [0.2, 0.25) is 17.6 Å². The maximum Gasteiger partial charge on any atom is 0.227 e. The maximum atomic E-state index is 12.3. The molecule has 2 aromatic heterocycles. The first kappa shape index (κ1) is 17.0. The Hall–Kier alpha value is -3.48. The summed E-state index contributed by atoms with van der Waals surface area (Å²) in [5, 5.41) is 14.7. The van der Waals surface area contributed by atoms with E-state index in [1.54, 1.807) is 6.20 Å². The molecule has 136 valence electrons. The summed E-state index contributed by atoms with van der Waals surface area (Å²) in [6.45, 7) is 2.11. The van der Waals surface area contributed by atoms with Gasteiger partial charge in [-0.1, -0.05) is 48.5 Å². The number of carbonyl (C=O) groups is 1. The molecule has 0 saturated carbocycles. The van der Waals surface area contributed by atoms with Crippen LogP contribution in [0.5, 0.6) is 0 Å². The van der Waals surface area contributed by atoms with Crippen LogP contribution >= 0.6 is 0 Å². The average molecular weight is 361 g/mol. The molecule has 27 heavy (non-hydrogen) atoms. The molecule has 2 aromatic carbocycles. The number of rotatable bonds is 6. The van der Waals surface area contributed by atoms with Crippen molar-refractivity contribution < 1.29 is 9.32 Å². The highest BCUT2D eigenvalue weighted by Crippen LogP contribution is 2.21. The lowest BCUT2D eigenvalue weighted by Gasteiger charge is -2.05. The van der Waals surface area contributed by atoms with Crippen molar-refractivity contribution in [1.29, 1.82) is 0 Å². The molecular weight excluding hydrogens is 342 g/mol. The highest BCUT2D eigenvalue weighted by atomic mass is 16.5. The van der Waals surface area contributed by atoms with E-state index >= 15 is 0 Å². The number of aromatic nitrogens is 4. The quantitative estimate of drug-likeness (QED) is 0.545. The van der Waals surface area contributed by atoms with Crippen LogP contribution < -0.4 is 5.32 Å². The number of aromatic amines is 1. The second kappa shape index (κ2) is 7.41. The van der Waals surface area contributed by atoms with Gasteiger partial charge in [-0.25, -0.2) is 0 Å². The zero-order chi connectivity index (χ0) is 18.6. The van der Waals surface area contributed by atoms with Crippen LogP contribution in [-0.2, 0) is 17.6 Å². The Labute approximate surface area is 155 Å². The van der Waals surface area contributed by atoms with Crippen molar-refractivity contribution in [3.63, 3.8) is 0 Å². The highest BCUT2D eigenvalue weighted by molar-refractivity contribution is 6.00. The van der Waals surface area contributed by atoms with E-state index in [0.717, 1.165) is 22.9 Å². The van der Waals surface area contributed by atoms with Crippen molar-refractivity contribution >= 4 is 22.5 Å². The minimum atomic E-state index is -0.121. The summed E-state index contributed by atoms with van der Waals surface area (Å²) >= 11 is 0. The van der Waals surface area contributed by atoms with Crippen molar-refractivity contribution in [2.45, 2.75) is 26.2 Å². The van der Waals surface area contributed by atoms with Crippen LogP contribution in [0.3, 0.4) is 0 Å². The summed E-state index contributed by atoms with van der Waals surface area (Å²) in [4.78, 5) is 16.6. The molecule has 0 saturated heterocycles. The number of amides is 1. The topological polar surface area (TPSA) is 96.7 Å². The molecule has 0 bridgehead atoms. The van der Waals surface area contributed by atoms with Gasteiger partial charge >= 0.3 is 0 Å². The van der Waals surface area contributed by atoms with Crippen molar-refractivity contribution in [1.82, 2.24) is 20.3 Å². The van der Waals surface area contributed by atoms with Gasteiger partial charge < -0.3 is 9.84 Å². The number of hydrogen-bond donors (Lipinski definition) is 2. The molecule has 2 heterocycles. The van der Waals surface area contributed by atoms with E-state index < -0.39 is 0 Å². The molecule has 0 spiro atoms. The molecule has 4 aromatic rings. The predicted molar refractivity (Wildman–Crippen MR) is 102 cm³/mol. The highest BCUT2D eigenvalue weighted by Gasteiger charge is 2.12. The van der Waals surface area contributed by atoms with Gasteiger partial charge in [0.25, 0.3) is 0 Å². The number of fused-ring (bicyclic) bond motifs is 1.